The zero-order chi connectivity index (χ0) is 18.9. The van der Waals surface area contributed by atoms with E-state index in [2.05, 4.69) is 58.7 Å². The fourth-order valence-corrected chi connectivity index (χ4v) is 4.93. The number of piperazine rings is 1. The molecule has 2 bridgehead atoms. The van der Waals surface area contributed by atoms with Crippen molar-refractivity contribution in [1.29, 1.82) is 0 Å². The molecule has 2 heterocycles. The standard InChI is InChI=1S/C21H26N2O3S/c1-27(24,25)26-16-21-13-12-19(22-21)14-23(15-21)20(17-8-4-2-5-9-17)18-10-6-3-7-11-18/h2-11,19-20,22H,12-16H2,1H3. The second kappa shape index (κ2) is 7.36. The summed E-state index contributed by atoms with van der Waals surface area (Å²) < 4.78 is 28.3. The van der Waals surface area contributed by atoms with Crippen LogP contribution < -0.4 is 5.32 Å². The summed E-state index contributed by atoms with van der Waals surface area (Å²) >= 11 is 0. The number of hydrogen-bond donors (Lipinski definition) is 1. The summed E-state index contributed by atoms with van der Waals surface area (Å²) in [6.45, 7) is 1.89. The molecule has 2 aliphatic rings. The van der Waals surface area contributed by atoms with E-state index in [-0.39, 0.29) is 18.2 Å². The Bertz CT molecular complexity index is 833. The lowest BCUT2D eigenvalue weighted by Crippen LogP contribution is -2.62. The molecule has 2 fully saturated rings. The normalized spacial score (nSPS) is 25.8. The monoisotopic (exact) mass is 386 g/mol. The van der Waals surface area contributed by atoms with E-state index in [0.717, 1.165) is 32.2 Å². The molecular weight excluding hydrogens is 360 g/mol. The molecule has 144 valence electrons. The van der Waals surface area contributed by atoms with Crippen LogP contribution in [0.15, 0.2) is 60.7 Å². The van der Waals surface area contributed by atoms with Crippen molar-refractivity contribution in [3.8, 4) is 0 Å². The van der Waals surface area contributed by atoms with E-state index < -0.39 is 10.1 Å². The van der Waals surface area contributed by atoms with E-state index >= 15 is 0 Å². The van der Waals surface area contributed by atoms with Crippen LogP contribution >= 0.6 is 0 Å². The van der Waals surface area contributed by atoms with E-state index in [4.69, 9.17) is 4.18 Å². The molecule has 2 aromatic carbocycles. The Morgan fingerprint density at radius 1 is 1.11 bits per heavy atom. The van der Waals surface area contributed by atoms with Gasteiger partial charge >= 0.3 is 0 Å². The van der Waals surface area contributed by atoms with E-state index in [9.17, 15) is 8.42 Å². The van der Waals surface area contributed by atoms with Crippen LogP contribution in [-0.4, -0.2) is 50.9 Å². The summed E-state index contributed by atoms with van der Waals surface area (Å²) in [6.07, 6.45) is 3.09. The quantitative estimate of drug-likeness (QED) is 0.774. The van der Waals surface area contributed by atoms with Crippen molar-refractivity contribution in [2.45, 2.75) is 30.5 Å². The van der Waals surface area contributed by atoms with Crippen LogP contribution in [0.4, 0.5) is 0 Å². The fraction of sp³-hybridized carbons (Fsp3) is 0.429. The number of benzene rings is 2. The minimum absolute atomic E-state index is 0.146. The lowest BCUT2D eigenvalue weighted by atomic mass is 9.92. The van der Waals surface area contributed by atoms with Gasteiger partial charge in [0.1, 0.15) is 0 Å². The average molecular weight is 387 g/mol. The zero-order valence-corrected chi connectivity index (χ0v) is 16.4. The summed E-state index contributed by atoms with van der Waals surface area (Å²) in [4.78, 5) is 2.48. The van der Waals surface area contributed by atoms with E-state index in [1.807, 2.05) is 12.1 Å². The zero-order valence-electron chi connectivity index (χ0n) is 15.5. The Morgan fingerprint density at radius 2 is 1.70 bits per heavy atom. The van der Waals surface area contributed by atoms with E-state index in [1.165, 1.54) is 11.1 Å². The van der Waals surface area contributed by atoms with Crippen LogP contribution in [0.5, 0.6) is 0 Å². The van der Waals surface area contributed by atoms with Crippen molar-refractivity contribution >= 4 is 10.1 Å². The number of hydrogen-bond acceptors (Lipinski definition) is 5. The summed E-state index contributed by atoms with van der Waals surface area (Å²) in [5.41, 5.74) is 2.20. The number of rotatable bonds is 6. The van der Waals surface area contributed by atoms with Gasteiger partial charge in [0.05, 0.1) is 24.4 Å². The second-order valence-electron chi connectivity index (χ2n) is 7.78. The first-order valence-corrected chi connectivity index (χ1v) is 11.2. The molecule has 2 unspecified atom stereocenters. The third kappa shape index (κ3) is 4.24. The highest BCUT2D eigenvalue weighted by molar-refractivity contribution is 7.85. The summed E-state index contributed by atoms with van der Waals surface area (Å²) in [5.74, 6) is 0. The minimum Gasteiger partial charge on any atom is -0.304 e. The molecule has 6 heteroatoms. The van der Waals surface area contributed by atoms with Gasteiger partial charge in [-0.15, -0.1) is 0 Å². The lowest BCUT2D eigenvalue weighted by molar-refractivity contribution is 0.0791. The Labute approximate surface area is 161 Å². The highest BCUT2D eigenvalue weighted by Crippen LogP contribution is 2.37. The van der Waals surface area contributed by atoms with Crippen molar-refractivity contribution < 1.29 is 12.6 Å². The molecule has 1 N–H and O–H groups in total. The first kappa shape index (κ1) is 18.6. The molecule has 0 saturated carbocycles. The summed E-state index contributed by atoms with van der Waals surface area (Å²) in [5, 5.41) is 3.63. The van der Waals surface area contributed by atoms with Gasteiger partial charge in [0.15, 0.2) is 0 Å². The highest BCUT2D eigenvalue weighted by atomic mass is 32.2. The molecule has 5 nitrogen and oxygen atoms in total. The number of fused-ring (bicyclic) bond motifs is 2. The molecular formula is C21H26N2O3S. The molecule has 2 aromatic rings. The van der Waals surface area contributed by atoms with Crippen molar-refractivity contribution in [3.05, 3.63) is 71.8 Å². The van der Waals surface area contributed by atoms with Crippen molar-refractivity contribution in [2.75, 3.05) is 26.0 Å². The van der Waals surface area contributed by atoms with Crippen LogP contribution in [-0.2, 0) is 14.3 Å². The van der Waals surface area contributed by atoms with Gasteiger partial charge in [-0.05, 0) is 24.0 Å². The SMILES string of the molecule is CS(=O)(=O)OCC12CCC(CN(C(c3ccccc3)c3ccccc3)C1)N2. The van der Waals surface area contributed by atoms with Gasteiger partial charge in [-0.3, -0.25) is 9.08 Å². The Hall–Kier alpha value is -1.73. The van der Waals surface area contributed by atoms with Crippen LogP contribution in [0, 0.1) is 0 Å². The maximum Gasteiger partial charge on any atom is 0.264 e. The topological polar surface area (TPSA) is 58.6 Å². The number of nitrogens with one attached hydrogen (secondary N) is 1. The van der Waals surface area contributed by atoms with Crippen LogP contribution in [0.3, 0.4) is 0 Å². The molecule has 2 saturated heterocycles. The van der Waals surface area contributed by atoms with Gasteiger partial charge in [0.25, 0.3) is 10.1 Å². The Kier molecular flexibility index (Phi) is 5.07. The first-order valence-electron chi connectivity index (χ1n) is 9.40. The molecule has 0 aromatic heterocycles. The Morgan fingerprint density at radius 3 is 2.26 bits per heavy atom. The molecule has 0 amide bonds. The maximum atomic E-state index is 11.5. The van der Waals surface area contributed by atoms with E-state index in [0.29, 0.717) is 6.04 Å². The van der Waals surface area contributed by atoms with Crippen LogP contribution in [0.2, 0.25) is 0 Å². The fourth-order valence-electron chi connectivity index (χ4n) is 4.49. The van der Waals surface area contributed by atoms with Crippen molar-refractivity contribution in [1.82, 2.24) is 10.2 Å². The highest BCUT2D eigenvalue weighted by Gasteiger charge is 2.47. The average Bonchev–Trinajstić information content (AvgIpc) is 2.97. The molecule has 0 aliphatic carbocycles. The maximum absolute atomic E-state index is 11.5. The molecule has 0 radical (unpaired) electrons. The molecule has 0 spiro atoms. The van der Waals surface area contributed by atoms with Gasteiger partial charge in [0, 0.05) is 19.1 Å². The largest absolute Gasteiger partial charge is 0.304 e. The number of nitrogens with zero attached hydrogens (tertiary/aromatic N) is 1. The van der Waals surface area contributed by atoms with Gasteiger partial charge in [0.2, 0.25) is 0 Å². The second-order valence-corrected chi connectivity index (χ2v) is 9.42. The van der Waals surface area contributed by atoms with Gasteiger partial charge in [-0.1, -0.05) is 60.7 Å². The predicted molar refractivity (Wildman–Crippen MR) is 106 cm³/mol. The smallest absolute Gasteiger partial charge is 0.264 e. The molecule has 2 aliphatic heterocycles. The number of likely N-dealkylation sites (tertiary alicyclic amines) is 1. The van der Waals surface area contributed by atoms with Gasteiger partial charge < -0.3 is 5.32 Å². The van der Waals surface area contributed by atoms with Crippen LogP contribution in [0.1, 0.15) is 30.0 Å². The molecule has 27 heavy (non-hydrogen) atoms. The van der Waals surface area contributed by atoms with Crippen molar-refractivity contribution in [3.63, 3.8) is 0 Å². The molecule has 2 atom stereocenters. The third-order valence-corrected chi connectivity index (χ3v) is 6.13. The lowest BCUT2D eigenvalue weighted by Gasteiger charge is -2.44. The summed E-state index contributed by atoms with van der Waals surface area (Å²) in [6, 6.07) is 21.5. The molecule has 4 rings (SSSR count). The van der Waals surface area contributed by atoms with Crippen LogP contribution in [0.25, 0.3) is 0 Å². The predicted octanol–water partition coefficient (Wildman–Crippen LogP) is 2.56. The first-order chi connectivity index (χ1) is 12.9. The Balaban J connectivity index is 1.65. The van der Waals surface area contributed by atoms with Crippen molar-refractivity contribution in [2.24, 2.45) is 0 Å². The minimum atomic E-state index is -3.45. The van der Waals surface area contributed by atoms with Gasteiger partial charge in [-0.25, -0.2) is 0 Å². The third-order valence-electron chi connectivity index (χ3n) is 5.59. The van der Waals surface area contributed by atoms with E-state index in [1.54, 1.807) is 0 Å². The van der Waals surface area contributed by atoms with Gasteiger partial charge in [-0.2, -0.15) is 8.42 Å². The summed E-state index contributed by atoms with van der Waals surface area (Å²) in [7, 11) is -3.45.